The Bertz CT molecular complexity index is 625. The van der Waals surface area contributed by atoms with E-state index in [1.807, 2.05) is 0 Å². The fourth-order valence-corrected chi connectivity index (χ4v) is 1.46. The maximum atomic E-state index is 11.5. The second-order valence-electron chi connectivity index (χ2n) is 3.71. The predicted octanol–water partition coefficient (Wildman–Crippen LogP) is 1.47. The van der Waals surface area contributed by atoms with Gasteiger partial charge in [-0.2, -0.15) is 0 Å². The van der Waals surface area contributed by atoms with E-state index in [0.29, 0.717) is 11.3 Å². The van der Waals surface area contributed by atoms with Crippen molar-refractivity contribution >= 4 is 5.97 Å². The Morgan fingerprint density at radius 2 is 1.57 bits per heavy atom. The average molecular weight is 291 g/mol. The van der Waals surface area contributed by atoms with Crippen LogP contribution >= 0.6 is 0 Å². The van der Waals surface area contributed by atoms with Gasteiger partial charge in [0.2, 0.25) is 0 Å². The highest BCUT2D eigenvalue weighted by Gasteiger charge is 2.11. The third kappa shape index (κ3) is 3.56. The third-order valence-corrected chi connectivity index (χ3v) is 2.40. The molecule has 0 aliphatic heterocycles. The summed E-state index contributed by atoms with van der Waals surface area (Å²) in [5, 5.41) is 0. The number of benzene rings is 1. The fourth-order valence-electron chi connectivity index (χ4n) is 1.46. The molecule has 0 bridgehead atoms. The smallest absolute Gasteiger partial charge is 0.337 e. The van der Waals surface area contributed by atoms with Crippen LogP contribution in [-0.2, 0) is 4.74 Å². The maximum absolute atomic E-state index is 11.5. The van der Waals surface area contributed by atoms with Crippen LogP contribution in [0.25, 0.3) is 0 Å². The van der Waals surface area contributed by atoms with E-state index < -0.39 is 5.97 Å². The number of esters is 1. The first-order valence-corrected chi connectivity index (χ1v) is 5.86. The third-order valence-electron chi connectivity index (χ3n) is 2.40. The van der Waals surface area contributed by atoms with Gasteiger partial charge in [0.05, 0.1) is 26.9 Å². The van der Waals surface area contributed by atoms with Crippen molar-refractivity contribution in [2.45, 2.75) is 0 Å². The van der Waals surface area contributed by atoms with E-state index in [9.17, 15) is 4.79 Å². The van der Waals surface area contributed by atoms with Gasteiger partial charge in [-0.05, 0) is 18.2 Å². The summed E-state index contributed by atoms with van der Waals surface area (Å²) in [6.07, 6.45) is 0. The molecular formula is C13H13N3O5. The SMILES string of the molecule is COC(=O)c1cccc(Oc2nc(OC)nc(OC)n2)c1. The number of nitrogens with zero attached hydrogens (tertiary/aromatic N) is 3. The van der Waals surface area contributed by atoms with Crippen molar-refractivity contribution in [2.24, 2.45) is 0 Å². The molecule has 110 valence electrons. The number of aromatic nitrogens is 3. The van der Waals surface area contributed by atoms with Crippen molar-refractivity contribution in [2.75, 3.05) is 21.3 Å². The Morgan fingerprint density at radius 3 is 2.14 bits per heavy atom. The van der Waals surface area contributed by atoms with Gasteiger partial charge < -0.3 is 18.9 Å². The van der Waals surface area contributed by atoms with Gasteiger partial charge in [-0.1, -0.05) is 6.07 Å². The topological polar surface area (TPSA) is 92.7 Å². The van der Waals surface area contributed by atoms with Crippen LogP contribution in [0.15, 0.2) is 24.3 Å². The van der Waals surface area contributed by atoms with Crippen LogP contribution < -0.4 is 14.2 Å². The number of ether oxygens (including phenoxy) is 4. The molecule has 0 saturated heterocycles. The molecule has 1 aromatic carbocycles. The molecule has 0 atom stereocenters. The van der Waals surface area contributed by atoms with Crippen molar-refractivity contribution in [3.05, 3.63) is 29.8 Å². The minimum Gasteiger partial charge on any atom is -0.467 e. The zero-order chi connectivity index (χ0) is 15.2. The standard InChI is InChI=1S/C13H13N3O5/c1-18-10(17)8-5-4-6-9(7-8)21-13-15-11(19-2)14-12(16-13)20-3/h4-7H,1-3H3. The molecule has 0 fully saturated rings. The van der Waals surface area contributed by atoms with Gasteiger partial charge in [-0.15, -0.1) is 15.0 Å². The number of hydrogen-bond donors (Lipinski definition) is 0. The zero-order valence-electron chi connectivity index (χ0n) is 11.7. The van der Waals surface area contributed by atoms with Crippen LogP contribution in [0.1, 0.15) is 10.4 Å². The minimum atomic E-state index is -0.466. The molecule has 0 spiro atoms. The monoisotopic (exact) mass is 291 g/mol. The van der Waals surface area contributed by atoms with Gasteiger partial charge in [0.1, 0.15) is 5.75 Å². The summed E-state index contributed by atoms with van der Waals surface area (Å²) in [7, 11) is 4.13. The summed E-state index contributed by atoms with van der Waals surface area (Å²) in [4.78, 5) is 23.2. The summed E-state index contributed by atoms with van der Waals surface area (Å²) < 4.78 is 19.9. The lowest BCUT2D eigenvalue weighted by Crippen LogP contribution is -2.03. The van der Waals surface area contributed by atoms with Crippen molar-refractivity contribution < 1.29 is 23.7 Å². The summed E-state index contributed by atoms with van der Waals surface area (Å²) in [6, 6.07) is 6.51. The minimum absolute atomic E-state index is 0.0132. The largest absolute Gasteiger partial charge is 0.467 e. The quantitative estimate of drug-likeness (QED) is 0.764. The van der Waals surface area contributed by atoms with Gasteiger partial charge in [-0.25, -0.2) is 4.79 Å². The van der Waals surface area contributed by atoms with Crippen LogP contribution in [0.4, 0.5) is 0 Å². The fraction of sp³-hybridized carbons (Fsp3) is 0.231. The first kappa shape index (κ1) is 14.5. The summed E-state index contributed by atoms with van der Waals surface area (Å²) in [5.74, 6) is -0.0977. The molecule has 0 aliphatic carbocycles. The molecule has 0 amide bonds. The second kappa shape index (κ2) is 6.51. The molecule has 21 heavy (non-hydrogen) atoms. The van der Waals surface area contributed by atoms with E-state index >= 15 is 0 Å². The molecule has 0 aliphatic rings. The Balaban J connectivity index is 2.27. The molecule has 8 heteroatoms. The van der Waals surface area contributed by atoms with E-state index in [0.717, 1.165) is 0 Å². The van der Waals surface area contributed by atoms with Crippen molar-refractivity contribution in [3.8, 4) is 23.8 Å². The van der Waals surface area contributed by atoms with Gasteiger partial charge in [0, 0.05) is 0 Å². The van der Waals surface area contributed by atoms with E-state index in [1.165, 1.54) is 27.4 Å². The highest BCUT2D eigenvalue weighted by Crippen LogP contribution is 2.22. The molecule has 2 aromatic rings. The molecule has 1 heterocycles. The van der Waals surface area contributed by atoms with Crippen LogP contribution in [0.5, 0.6) is 23.8 Å². The van der Waals surface area contributed by atoms with Crippen LogP contribution in [0.2, 0.25) is 0 Å². The molecule has 2 rings (SSSR count). The van der Waals surface area contributed by atoms with Crippen LogP contribution in [-0.4, -0.2) is 42.3 Å². The summed E-state index contributed by atoms with van der Waals surface area (Å²) in [6.45, 7) is 0. The normalized spacial score (nSPS) is 9.86. The Kier molecular flexibility index (Phi) is 4.50. The number of methoxy groups -OCH3 is 3. The lowest BCUT2D eigenvalue weighted by atomic mass is 10.2. The molecular weight excluding hydrogens is 278 g/mol. The Morgan fingerprint density at radius 1 is 0.952 bits per heavy atom. The number of rotatable bonds is 5. The Labute approximate surface area is 120 Å². The average Bonchev–Trinajstić information content (AvgIpc) is 2.53. The van der Waals surface area contributed by atoms with Crippen LogP contribution in [0, 0.1) is 0 Å². The highest BCUT2D eigenvalue weighted by atomic mass is 16.5. The van der Waals surface area contributed by atoms with Gasteiger partial charge in [-0.3, -0.25) is 0 Å². The number of carbonyl (C=O) groups is 1. The van der Waals surface area contributed by atoms with Crippen molar-refractivity contribution in [3.63, 3.8) is 0 Å². The van der Waals surface area contributed by atoms with Gasteiger partial charge >= 0.3 is 24.0 Å². The summed E-state index contributed by atoms with van der Waals surface area (Å²) >= 11 is 0. The molecule has 1 aromatic heterocycles. The number of hydrogen-bond acceptors (Lipinski definition) is 8. The lowest BCUT2D eigenvalue weighted by Gasteiger charge is -2.07. The Hall–Kier alpha value is -2.90. The lowest BCUT2D eigenvalue weighted by molar-refractivity contribution is 0.0600. The summed E-state index contributed by atoms with van der Waals surface area (Å²) in [5.41, 5.74) is 0.350. The second-order valence-corrected chi connectivity index (χ2v) is 3.71. The molecule has 0 N–H and O–H groups in total. The van der Waals surface area contributed by atoms with E-state index in [1.54, 1.807) is 18.2 Å². The van der Waals surface area contributed by atoms with Crippen molar-refractivity contribution in [1.82, 2.24) is 15.0 Å². The van der Waals surface area contributed by atoms with Gasteiger partial charge in [0.25, 0.3) is 0 Å². The first-order valence-electron chi connectivity index (χ1n) is 5.86. The molecule has 8 nitrogen and oxygen atoms in total. The predicted molar refractivity (Wildman–Crippen MR) is 70.8 cm³/mol. The number of carbonyl (C=O) groups excluding carboxylic acids is 1. The molecule has 0 unspecified atom stereocenters. The van der Waals surface area contributed by atoms with E-state index in [2.05, 4.69) is 19.7 Å². The van der Waals surface area contributed by atoms with Crippen LogP contribution in [0.3, 0.4) is 0 Å². The zero-order valence-corrected chi connectivity index (χ0v) is 11.7. The maximum Gasteiger partial charge on any atom is 0.337 e. The molecule has 0 radical (unpaired) electrons. The van der Waals surface area contributed by atoms with E-state index in [-0.39, 0.29) is 18.0 Å². The van der Waals surface area contributed by atoms with Crippen molar-refractivity contribution in [1.29, 1.82) is 0 Å². The van der Waals surface area contributed by atoms with E-state index in [4.69, 9.17) is 14.2 Å². The molecule has 0 saturated carbocycles. The first-order chi connectivity index (χ1) is 10.2. The highest BCUT2D eigenvalue weighted by molar-refractivity contribution is 5.89. The van der Waals surface area contributed by atoms with Gasteiger partial charge in [0.15, 0.2) is 0 Å².